The summed E-state index contributed by atoms with van der Waals surface area (Å²) in [5.41, 5.74) is 0.349. The van der Waals surface area contributed by atoms with E-state index < -0.39 is 0 Å². The monoisotopic (exact) mass is 227 g/mol. The molecule has 0 saturated heterocycles. The van der Waals surface area contributed by atoms with E-state index in [9.17, 15) is 5.11 Å². The van der Waals surface area contributed by atoms with Gasteiger partial charge in [-0.25, -0.2) is 0 Å². The van der Waals surface area contributed by atoms with Crippen molar-refractivity contribution in [1.29, 1.82) is 0 Å². The first kappa shape index (κ1) is 14.0. The van der Waals surface area contributed by atoms with Crippen LogP contribution in [-0.4, -0.2) is 35.7 Å². The van der Waals surface area contributed by atoms with E-state index in [4.69, 9.17) is 0 Å². The van der Waals surface area contributed by atoms with E-state index in [1.807, 2.05) is 0 Å². The summed E-state index contributed by atoms with van der Waals surface area (Å²) in [7, 11) is 2.22. The van der Waals surface area contributed by atoms with Crippen LogP contribution in [0.2, 0.25) is 0 Å². The maximum Gasteiger partial charge on any atom is 0.0555 e. The Bertz CT molecular complexity index is 215. The summed E-state index contributed by atoms with van der Waals surface area (Å²) < 4.78 is 0. The fraction of sp³-hybridized carbons (Fsp3) is 1.00. The molecule has 96 valence electrons. The normalized spacial score (nSPS) is 31.7. The highest BCUT2D eigenvalue weighted by Crippen LogP contribution is 2.38. The van der Waals surface area contributed by atoms with E-state index in [0.717, 1.165) is 31.7 Å². The fourth-order valence-electron chi connectivity index (χ4n) is 2.92. The minimum atomic E-state index is -0.0857. The Hall–Kier alpha value is -0.0800. The molecule has 16 heavy (non-hydrogen) atoms. The van der Waals surface area contributed by atoms with Crippen LogP contribution in [0.3, 0.4) is 0 Å². The molecule has 0 aromatic rings. The zero-order valence-electron chi connectivity index (χ0n) is 11.7. The van der Waals surface area contributed by atoms with E-state index >= 15 is 0 Å². The molecule has 0 heterocycles. The molecule has 0 bridgehead atoms. The standard InChI is InChI=1S/C14H29NO/c1-6-11(2)10-15(5)13-9-12(16)7-8-14(13,3)4/h11-13,16H,6-10H2,1-5H3. The number of hydrogen-bond acceptors (Lipinski definition) is 2. The maximum atomic E-state index is 9.83. The van der Waals surface area contributed by atoms with Crippen molar-refractivity contribution in [3.8, 4) is 0 Å². The highest BCUT2D eigenvalue weighted by atomic mass is 16.3. The lowest BCUT2D eigenvalue weighted by Crippen LogP contribution is -2.49. The van der Waals surface area contributed by atoms with Gasteiger partial charge in [-0.1, -0.05) is 34.1 Å². The van der Waals surface area contributed by atoms with Gasteiger partial charge in [-0.15, -0.1) is 0 Å². The molecule has 0 aromatic carbocycles. The SMILES string of the molecule is CCC(C)CN(C)C1CC(O)CCC1(C)C. The summed E-state index contributed by atoms with van der Waals surface area (Å²) in [4.78, 5) is 2.47. The van der Waals surface area contributed by atoms with Gasteiger partial charge in [0, 0.05) is 12.6 Å². The predicted molar refractivity (Wildman–Crippen MR) is 69.5 cm³/mol. The third-order valence-electron chi connectivity index (χ3n) is 4.35. The smallest absolute Gasteiger partial charge is 0.0555 e. The molecule has 1 aliphatic carbocycles. The van der Waals surface area contributed by atoms with Gasteiger partial charge in [0.2, 0.25) is 0 Å². The van der Waals surface area contributed by atoms with Crippen LogP contribution < -0.4 is 0 Å². The largest absolute Gasteiger partial charge is 0.393 e. The molecule has 0 amide bonds. The van der Waals surface area contributed by atoms with Gasteiger partial charge in [0.05, 0.1) is 6.10 Å². The van der Waals surface area contributed by atoms with Crippen molar-refractivity contribution in [3.63, 3.8) is 0 Å². The summed E-state index contributed by atoms with van der Waals surface area (Å²) in [5, 5.41) is 9.83. The van der Waals surface area contributed by atoms with E-state index in [1.54, 1.807) is 0 Å². The summed E-state index contributed by atoms with van der Waals surface area (Å²) >= 11 is 0. The molecule has 1 fully saturated rings. The molecule has 1 rings (SSSR count). The van der Waals surface area contributed by atoms with Crippen LogP contribution in [0.1, 0.15) is 53.4 Å². The Morgan fingerprint density at radius 3 is 2.62 bits per heavy atom. The van der Waals surface area contributed by atoms with E-state index in [0.29, 0.717) is 11.5 Å². The van der Waals surface area contributed by atoms with Crippen molar-refractivity contribution in [2.75, 3.05) is 13.6 Å². The summed E-state index contributed by atoms with van der Waals surface area (Å²) in [6.45, 7) is 10.4. The van der Waals surface area contributed by atoms with Crippen molar-refractivity contribution in [2.45, 2.75) is 65.5 Å². The average molecular weight is 227 g/mol. The molecule has 1 aliphatic rings. The fourth-order valence-corrected chi connectivity index (χ4v) is 2.92. The number of aliphatic hydroxyl groups excluding tert-OH is 1. The summed E-state index contributed by atoms with van der Waals surface area (Å²) in [6.07, 6.45) is 4.21. The van der Waals surface area contributed by atoms with Gasteiger partial charge in [0.1, 0.15) is 0 Å². The predicted octanol–water partition coefficient (Wildman–Crippen LogP) is 2.90. The molecule has 0 spiro atoms. The van der Waals surface area contributed by atoms with Gasteiger partial charge >= 0.3 is 0 Å². The Labute approximate surface area is 101 Å². The highest BCUT2D eigenvalue weighted by Gasteiger charge is 2.38. The van der Waals surface area contributed by atoms with Crippen molar-refractivity contribution in [1.82, 2.24) is 4.90 Å². The zero-order valence-corrected chi connectivity index (χ0v) is 11.7. The molecular weight excluding hydrogens is 198 g/mol. The Kier molecular flexibility index (Phi) is 4.81. The van der Waals surface area contributed by atoms with Crippen LogP contribution in [0.25, 0.3) is 0 Å². The number of rotatable bonds is 4. The number of aliphatic hydroxyl groups is 1. The summed E-state index contributed by atoms with van der Waals surface area (Å²) in [5.74, 6) is 0.750. The molecule has 1 saturated carbocycles. The second-order valence-corrected chi connectivity index (χ2v) is 6.39. The van der Waals surface area contributed by atoms with Crippen LogP contribution in [0, 0.1) is 11.3 Å². The first-order chi connectivity index (χ1) is 7.36. The van der Waals surface area contributed by atoms with Gasteiger partial charge in [0.25, 0.3) is 0 Å². The first-order valence-corrected chi connectivity index (χ1v) is 6.75. The highest BCUT2D eigenvalue weighted by molar-refractivity contribution is 4.92. The van der Waals surface area contributed by atoms with Crippen molar-refractivity contribution >= 4 is 0 Å². The second kappa shape index (κ2) is 5.50. The van der Waals surface area contributed by atoms with Gasteiger partial charge < -0.3 is 10.0 Å². The van der Waals surface area contributed by atoms with Crippen LogP contribution in [0.4, 0.5) is 0 Å². The van der Waals surface area contributed by atoms with Gasteiger partial charge in [0.15, 0.2) is 0 Å². The zero-order chi connectivity index (χ0) is 12.3. The Balaban J connectivity index is 2.60. The number of hydrogen-bond donors (Lipinski definition) is 1. The minimum Gasteiger partial charge on any atom is -0.393 e. The van der Waals surface area contributed by atoms with Gasteiger partial charge in [-0.05, 0) is 37.6 Å². The van der Waals surface area contributed by atoms with Gasteiger partial charge in [-0.3, -0.25) is 0 Å². The van der Waals surface area contributed by atoms with Crippen LogP contribution in [-0.2, 0) is 0 Å². The minimum absolute atomic E-state index is 0.0857. The average Bonchev–Trinajstić information content (AvgIpc) is 2.21. The molecule has 0 aromatic heterocycles. The van der Waals surface area contributed by atoms with Crippen molar-refractivity contribution < 1.29 is 5.11 Å². The van der Waals surface area contributed by atoms with Crippen LogP contribution in [0.5, 0.6) is 0 Å². The van der Waals surface area contributed by atoms with Crippen LogP contribution in [0.15, 0.2) is 0 Å². The molecule has 3 unspecified atom stereocenters. The lowest BCUT2D eigenvalue weighted by molar-refractivity contribution is -0.00561. The quantitative estimate of drug-likeness (QED) is 0.798. The van der Waals surface area contributed by atoms with E-state index in [2.05, 4.69) is 39.6 Å². The Morgan fingerprint density at radius 1 is 1.44 bits per heavy atom. The Morgan fingerprint density at radius 2 is 2.06 bits per heavy atom. The van der Waals surface area contributed by atoms with Crippen LogP contribution >= 0.6 is 0 Å². The molecule has 1 N–H and O–H groups in total. The molecule has 3 atom stereocenters. The molecule has 2 heteroatoms. The lowest BCUT2D eigenvalue weighted by Gasteiger charge is -2.46. The van der Waals surface area contributed by atoms with Gasteiger partial charge in [-0.2, -0.15) is 0 Å². The molecule has 0 radical (unpaired) electrons. The molecule has 0 aliphatic heterocycles. The van der Waals surface area contributed by atoms with E-state index in [1.165, 1.54) is 6.42 Å². The lowest BCUT2D eigenvalue weighted by atomic mass is 9.71. The van der Waals surface area contributed by atoms with Crippen molar-refractivity contribution in [2.24, 2.45) is 11.3 Å². The first-order valence-electron chi connectivity index (χ1n) is 6.75. The third-order valence-corrected chi connectivity index (χ3v) is 4.35. The van der Waals surface area contributed by atoms with E-state index in [-0.39, 0.29) is 6.10 Å². The maximum absolute atomic E-state index is 9.83. The third kappa shape index (κ3) is 3.46. The van der Waals surface area contributed by atoms with Crippen molar-refractivity contribution in [3.05, 3.63) is 0 Å². The molecule has 2 nitrogen and oxygen atoms in total. The summed E-state index contributed by atoms with van der Waals surface area (Å²) in [6, 6.07) is 0.533. The second-order valence-electron chi connectivity index (χ2n) is 6.39. The number of nitrogens with zero attached hydrogens (tertiary/aromatic N) is 1. The topological polar surface area (TPSA) is 23.5 Å². The molecular formula is C14H29NO.